The lowest BCUT2D eigenvalue weighted by Crippen LogP contribution is -2.31. The van der Waals surface area contributed by atoms with Gasteiger partial charge in [0.05, 0.1) is 40.4 Å². The molecule has 0 saturated carbocycles. The Bertz CT molecular complexity index is 1620. The van der Waals surface area contributed by atoms with Crippen LogP contribution in [0.15, 0.2) is 66.9 Å². The molecule has 3 aromatic carbocycles. The fraction of sp³-hybridized carbons (Fsp3) is 0.281. The molecule has 42 heavy (non-hydrogen) atoms. The van der Waals surface area contributed by atoms with E-state index in [4.69, 9.17) is 9.47 Å². The maximum absolute atomic E-state index is 13.3. The van der Waals surface area contributed by atoms with Gasteiger partial charge in [-0.2, -0.15) is 13.2 Å². The summed E-state index contributed by atoms with van der Waals surface area (Å²) >= 11 is 0. The zero-order valence-electron chi connectivity index (χ0n) is 23.4. The molecular weight excluding hydrogens is 547 g/mol. The summed E-state index contributed by atoms with van der Waals surface area (Å²) in [7, 11) is 1.47. The lowest BCUT2D eigenvalue weighted by atomic mass is 10.0. The number of carbonyl (C=O) groups is 2. The molecule has 2 amide bonds. The molecule has 7 nitrogen and oxygen atoms in total. The van der Waals surface area contributed by atoms with Crippen molar-refractivity contribution >= 4 is 28.4 Å². The zero-order chi connectivity index (χ0) is 30.0. The van der Waals surface area contributed by atoms with Crippen LogP contribution in [-0.2, 0) is 6.18 Å². The largest absolute Gasteiger partial charge is 0.493 e. The minimum Gasteiger partial charge on any atom is -0.493 e. The zero-order valence-corrected chi connectivity index (χ0v) is 23.4. The number of aromatic nitrogens is 1. The normalized spacial score (nSPS) is 13.8. The van der Waals surface area contributed by atoms with E-state index in [9.17, 15) is 22.8 Å². The number of hydrogen-bond donors (Lipinski definition) is 1. The molecule has 1 aliphatic heterocycles. The Hall–Kier alpha value is -4.60. The van der Waals surface area contributed by atoms with E-state index in [-0.39, 0.29) is 29.4 Å². The van der Waals surface area contributed by atoms with Gasteiger partial charge in [-0.1, -0.05) is 25.1 Å². The minimum absolute atomic E-state index is 0.0213. The second kappa shape index (κ2) is 11.7. The summed E-state index contributed by atoms with van der Waals surface area (Å²) in [6.07, 6.45) is -0.838. The van der Waals surface area contributed by atoms with Gasteiger partial charge in [-0.05, 0) is 68.1 Å². The van der Waals surface area contributed by atoms with Crippen molar-refractivity contribution in [1.29, 1.82) is 0 Å². The van der Waals surface area contributed by atoms with Gasteiger partial charge >= 0.3 is 6.18 Å². The summed E-state index contributed by atoms with van der Waals surface area (Å²) in [6, 6.07) is 15.0. The van der Waals surface area contributed by atoms with E-state index in [2.05, 4.69) is 10.3 Å². The van der Waals surface area contributed by atoms with Crippen LogP contribution in [0.1, 0.15) is 58.0 Å². The summed E-state index contributed by atoms with van der Waals surface area (Å²) in [5.41, 5.74) is 2.11. The lowest BCUT2D eigenvalue weighted by molar-refractivity contribution is -0.137. The molecule has 0 spiro atoms. The number of fused-ring (bicyclic) bond motifs is 2. The highest BCUT2D eigenvalue weighted by molar-refractivity contribution is 6.21. The van der Waals surface area contributed by atoms with Gasteiger partial charge < -0.3 is 14.8 Å². The molecule has 1 aromatic heterocycles. The molecule has 4 aromatic rings. The third-order valence-corrected chi connectivity index (χ3v) is 7.41. The molecule has 0 aliphatic carbocycles. The quantitative estimate of drug-likeness (QED) is 0.195. The molecule has 1 aliphatic rings. The monoisotopic (exact) mass is 577 g/mol. The van der Waals surface area contributed by atoms with E-state index >= 15 is 0 Å². The lowest BCUT2D eigenvalue weighted by Gasteiger charge is -2.23. The van der Waals surface area contributed by atoms with Crippen molar-refractivity contribution in [2.75, 3.05) is 19.0 Å². The van der Waals surface area contributed by atoms with E-state index in [1.807, 2.05) is 13.8 Å². The van der Waals surface area contributed by atoms with E-state index in [1.54, 1.807) is 42.6 Å². The number of rotatable bonds is 10. The first kappa shape index (κ1) is 28.9. The first-order valence-corrected chi connectivity index (χ1v) is 13.7. The van der Waals surface area contributed by atoms with Crippen molar-refractivity contribution < 1.29 is 32.2 Å². The molecule has 0 saturated heterocycles. The van der Waals surface area contributed by atoms with Gasteiger partial charge in [-0.15, -0.1) is 0 Å². The third-order valence-electron chi connectivity index (χ3n) is 7.41. The van der Waals surface area contributed by atoms with Crippen LogP contribution in [0, 0.1) is 6.92 Å². The standard InChI is InChI=1S/C32H30F3N3O4/c1-4-21(10-8-16-38-30(39)23-12-5-6-13-24(23)31(38)40)37-25-18-26(41-3)29(27-19(2)14-15-36-28(25)27)42-22-11-7-9-20(17-22)32(33,34)35/h5-7,9,11-15,17-18,21,37H,4,8,10,16H2,1-3H3. The maximum Gasteiger partial charge on any atom is 0.416 e. The summed E-state index contributed by atoms with van der Waals surface area (Å²) < 4.78 is 51.6. The second-order valence-corrected chi connectivity index (χ2v) is 10.1. The van der Waals surface area contributed by atoms with Crippen LogP contribution in [0.3, 0.4) is 0 Å². The van der Waals surface area contributed by atoms with Crippen molar-refractivity contribution in [3.63, 3.8) is 0 Å². The number of benzene rings is 3. The van der Waals surface area contributed by atoms with E-state index < -0.39 is 11.7 Å². The maximum atomic E-state index is 13.3. The molecule has 1 atom stereocenters. The van der Waals surface area contributed by atoms with Crippen molar-refractivity contribution in [3.05, 3.63) is 89.1 Å². The second-order valence-electron chi connectivity index (χ2n) is 10.1. The van der Waals surface area contributed by atoms with Crippen LogP contribution < -0.4 is 14.8 Å². The number of methoxy groups -OCH3 is 1. The fourth-order valence-electron chi connectivity index (χ4n) is 5.19. The van der Waals surface area contributed by atoms with Crippen LogP contribution >= 0.6 is 0 Å². The highest BCUT2D eigenvalue weighted by atomic mass is 19.4. The molecule has 218 valence electrons. The van der Waals surface area contributed by atoms with Gasteiger partial charge in [-0.25, -0.2) is 0 Å². The van der Waals surface area contributed by atoms with Gasteiger partial charge in [0.1, 0.15) is 5.75 Å². The number of nitrogens with one attached hydrogen (secondary N) is 1. The summed E-state index contributed by atoms with van der Waals surface area (Å²) in [5.74, 6) is 0.0701. The molecule has 5 rings (SSSR count). The minimum atomic E-state index is -4.51. The Kier molecular flexibility index (Phi) is 8.06. The number of carbonyl (C=O) groups excluding carboxylic acids is 2. The number of amides is 2. The number of ether oxygens (including phenoxy) is 2. The van der Waals surface area contributed by atoms with Gasteiger partial charge in [0.2, 0.25) is 0 Å². The molecule has 1 N–H and O–H groups in total. The first-order chi connectivity index (χ1) is 20.1. The average molecular weight is 578 g/mol. The smallest absolute Gasteiger partial charge is 0.416 e. The van der Waals surface area contributed by atoms with Crippen LogP contribution in [0.4, 0.5) is 18.9 Å². The van der Waals surface area contributed by atoms with Crippen molar-refractivity contribution in [3.8, 4) is 17.2 Å². The highest BCUT2D eigenvalue weighted by Crippen LogP contribution is 2.44. The Morgan fingerprint density at radius 3 is 2.36 bits per heavy atom. The van der Waals surface area contributed by atoms with Crippen LogP contribution in [0.5, 0.6) is 17.2 Å². The summed E-state index contributed by atoms with van der Waals surface area (Å²) in [5, 5.41) is 4.13. The predicted molar refractivity (Wildman–Crippen MR) is 153 cm³/mol. The van der Waals surface area contributed by atoms with Crippen molar-refractivity contribution in [2.24, 2.45) is 0 Å². The van der Waals surface area contributed by atoms with Crippen LogP contribution in [0.2, 0.25) is 0 Å². The number of hydrogen-bond acceptors (Lipinski definition) is 6. The molecule has 0 fully saturated rings. The number of aryl methyl sites for hydroxylation is 1. The fourth-order valence-corrected chi connectivity index (χ4v) is 5.19. The molecule has 2 heterocycles. The number of imide groups is 1. The van der Waals surface area contributed by atoms with E-state index in [0.717, 1.165) is 24.1 Å². The van der Waals surface area contributed by atoms with Crippen molar-refractivity contribution in [1.82, 2.24) is 9.88 Å². The number of alkyl halides is 3. The molecular formula is C32H30F3N3O4. The Labute approximate surface area is 241 Å². The van der Waals surface area contributed by atoms with Gasteiger partial charge in [-0.3, -0.25) is 19.5 Å². The number of anilines is 1. The van der Waals surface area contributed by atoms with E-state index in [0.29, 0.717) is 52.9 Å². The van der Waals surface area contributed by atoms with E-state index in [1.165, 1.54) is 24.1 Å². The number of nitrogens with zero attached hydrogens (tertiary/aromatic N) is 2. The van der Waals surface area contributed by atoms with Crippen LogP contribution in [-0.4, -0.2) is 41.4 Å². The predicted octanol–water partition coefficient (Wildman–Crippen LogP) is 7.63. The first-order valence-electron chi connectivity index (χ1n) is 13.7. The van der Waals surface area contributed by atoms with Gasteiger partial charge in [0, 0.05) is 24.8 Å². The van der Waals surface area contributed by atoms with Crippen LogP contribution in [0.25, 0.3) is 10.9 Å². The number of pyridine rings is 1. The highest BCUT2D eigenvalue weighted by Gasteiger charge is 2.35. The van der Waals surface area contributed by atoms with Crippen molar-refractivity contribution in [2.45, 2.75) is 45.3 Å². The number of halogens is 3. The Balaban J connectivity index is 1.38. The summed E-state index contributed by atoms with van der Waals surface area (Å²) in [4.78, 5) is 31.3. The Morgan fingerprint density at radius 1 is 1.00 bits per heavy atom. The molecule has 0 radical (unpaired) electrons. The molecule has 1 unspecified atom stereocenters. The average Bonchev–Trinajstić information content (AvgIpc) is 3.22. The Morgan fingerprint density at radius 2 is 1.71 bits per heavy atom. The third kappa shape index (κ3) is 5.61. The molecule has 10 heteroatoms. The van der Waals surface area contributed by atoms with Gasteiger partial charge in [0.15, 0.2) is 11.5 Å². The van der Waals surface area contributed by atoms with Gasteiger partial charge in [0.25, 0.3) is 11.8 Å². The summed E-state index contributed by atoms with van der Waals surface area (Å²) in [6.45, 7) is 4.20. The SMILES string of the molecule is CCC(CCCN1C(=O)c2ccccc2C1=O)Nc1cc(OC)c(Oc2cccc(C(F)(F)F)c2)c2c(C)ccnc12. The molecule has 0 bridgehead atoms. The topological polar surface area (TPSA) is 80.8 Å².